The van der Waals surface area contributed by atoms with E-state index in [1.807, 2.05) is 0 Å². The van der Waals surface area contributed by atoms with Crippen molar-refractivity contribution in [3.05, 3.63) is 35.3 Å². The number of benzene rings is 1. The Morgan fingerprint density at radius 1 is 1.25 bits per heavy atom. The molecule has 0 saturated heterocycles. The highest BCUT2D eigenvalue weighted by molar-refractivity contribution is 5.94. The van der Waals surface area contributed by atoms with Crippen molar-refractivity contribution in [1.82, 2.24) is 15.4 Å². The molecule has 24 heavy (non-hydrogen) atoms. The predicted molar refractivity (Wildman–Crippen MR) is 86.9 cm³/mol. The van der Waals surface area contributed by atoms with Crippen LogP contribution in [0.3, 0.4) is 0 Å². The Morgan fingerprint density at radius 3 is 2.83 bits per heavy atom. The molecule has 0 radical (unpaired) electrons. The third-order valence-corrected chi connectivity index (χ3v) is 3.49. The molecule has 0 saturated carbocycles. The van der Waals surface area contributed by atoms with Crippen LogP contribution in [0.2, 0.25) is 0 Å². The summed E-state index contributed by atoms with van der Waals surface area (Å²) in [5, 5.41) is 10.3. The number of esters is 1. The van der Waals surface area contributed by atoms with Gasteiger partial charge in [0.25, 0.3) is 0 Å². The van der Waals surface area contributed by atoms with Crippen LogP contribution in [0.1, 0.15) is 49.2 Å². The first-order valence-electron chi connectivity index (χ1n) is 8.11. The van der Waals surface area contributed by atoms with Gasteiger partial charge in [0.05, 0.1) is 13.2 Å². The van der Waals surface area contributed by atoms with Gasteiger partial charge in [0, 0.05) is 12.2 Å². The summed E-state index contributed by atoms with van der Waals surface area (Å²) < 4.78 is 24.2. The maximum absolute atomic E-state index is 13.6. The van der Waals surface area contributed by atoms with Crippen LogP contribution in [-0.4, -0.2) is 34.6 Å². The second-order valence-electron chi connectivity index (χ2n) is 5.30. The highest BCUT2D eigenvalue weighted by Gasteiger charge is 2.21. The largest absolute Gasteiger partial charge is 0.461 e. The summed E-state index contributed by atoms with van der Waals surface area (Å²) in [7, 11) is 0. The van der Waals surface area contributed by atoms with Gasteiger partial charge in [0.15, 0.2) is 5.69 Å². The Bertz CT molecular complexity index is 673. The molecule has 0 aliphatic carbocycles. The van der Waals surface area contributed by atoms with Gasteiger partial charge < -0.3 is 9.47 Å². The highest BCUT2D eigenvalue weighted by atomic mass is 19.1. The molecule has 0 spiro atoms. The van der Waals surface area contributed by atoms with Crippen LogP contribution in [0.15, 0.2) is 18.2 Å². The number of aromatic amines is 1. The number of hydrogen-bond acceptors (Lipinski definition) is 5. The molecule has 0 aliphatic heterocycles. The van der Waals surface area contributed by atoms with Crippen molar-refractivity contribution in [1.29, 1.82) is 0 Å². The number of nitrogens with one attached hydrogen (secondary N) is 1. The van der Waals surface area contributed by atoms with Gasteiger partial charge in [-0.2, -0.15) is 10.3 Å². The fourth-order valence-electron chi connectivity index (χ4n) is 2.31. The van der Waals surface area contributed by atoms with E-state index >= 15 is 0 Å². The molecular formula is C17H22FN3O3. The van der Waals surface area contributed by atoms with Crippen molar-refractivity contribution in [3.8, 4) is 11.3 Å². The Balaban J connectivity index is 2.21. The van der Waals surface area contributed by atoms with Gasteiger partial charge in [-0.25, -0.2) is 9.18 Å². The third-order valence-electron chi connectivity index (χ3n) is 3.49. The standard InChI is InChI=1S/C17H22FN3O3/c1-3-5-6-9-23-11-12-10-13(18)7-8-14(12)15-16(20-21-19-15)17(22)24-4-2/h7-8,10H,3-6,9,11H2,1-2H3,(H,19,20,21). The molecule has 1 heterocycles. The number of hydrogen-bond donors (Lipinski definition) is 1. The Kier molecular flexibility index (Phi) is 6.87. The molecule has 1 aromatic heterocycles. The highest BCUT2D eigenvalue weighted by Crippen LogP contribution is 2.26. The van der Waals surface area contributed by atoms with Gasteiger partial charge in [-0.1, -0.05) is 19.8 Å². The first kappa shape index (κ1) is 18.1. The summed E-state index contributed by atoms with van der Waals surface area (Å²) in [6.07, 6.45) is 3.15. The molecule has 2 rings (SSSR count). The minimum atomic E-state index is -0.569. The summed E-state index contributed by atoms with van der Waals surface area (Å²) in [6.45, 7) is 4.92. The molecule has 0 fully saturated rings. The molecule has 0 aliphatic rings. The van der Waals surface area contributed by atoms with Crippen molar-refractivity contribution in [3.63, 3.8) is 0 Å². The van der Waals surface area contributed by atoms with Crippen molar-refractivity contribution in [2.75, 3.05) is 13.2 Å². The quantitative estimate of drug-likeness (QED) is 0.560. The van der Waals surface area contributed by atoms with Crippen LogP contribution < -0.4 is 0 Å². The summed E-state index contributed by atoms with van der Waals surface area (Å²) in [6, 6.07) is 4.28. The molecule has 2 aromatic rings. The van der Waals surface area contributed by atoms with Gasteiger partial charge in [-0.05, 0) is 37.1 Å². The lowest BCUT2D eigenvalue weighted by atomic mass is 10.0. The SMILES string of the molecule is CCCCCOCc1cc(F)ccc1-c1n[nH]nc1C(=O)OCC. The predicted octanol–water partition coefficient (Wildman–Crippen LogP) is 3.49. The number of rotatable bonds is 9. The van der Waals surface area contributed by atoms with Crippen LogP contribution in [0.25, 0.3) is 11.3 Å². The zero-order chi connectivity index (χ0) is 17.4. The van der Waals surface area contributed by atoms with Gasteiger partial charge in [0.1, 0.15) is 11.5 Å². The monoisotopic (exact) mass is 335 g/mol. The lowest BCUT2D eigenvalue weighted by Crippen LogP contribution is -2.07. The van der Waals surface area contributed by atoms with Crippen molar-refractivity contribution >= 4 is 5.97 Å². The van der Waals surface area contributed by atoms with E-state index in [9.17, 15) is 9.18 Å². The average molecular weight is 335 g/mol. The van der Waals surface area contributed by atoms with Crippen molar-refractivity contribution in [2.45, 2.75) is 39.7 Å². The van der Waals surface area contributed by atoms with Gasteiger partial charge in [0.2, 0.25) is 0 Å². The molecule has 1 N–H and O–H groups in total. The molecule has 0 bridgehead atoms. The van der Waals surface area contributed by atoms with E-state index < -0.39 is 5.97 Å². The minimum absolute atomic E-state index is 0.0793. The van der Waals surface area contributed by atoms with Gasteiger partial charge in [-0.3, -0.25) is 0 Å². The molecule has 0 amide bonds. The van der Waals surface area contributed by atoms with Crippen LogP contribution in [-0.2, 0) is 16.1 Å². The number of aromatic nitrogens is 3. The smallest absolute Gasteiger partial charge is 0.361 e. The lowest BCUT2D eigenvalue weighted by molar-refractivity contribution is 0.0520. The first-order chi connectivity index (χ1) is 11.7. The number of H-pyrrole nitrogens is 1. The van der Waals surface area contributed by atoms with E-state index in [0.717, 1.165) is 19.3 Å². The fourth-order valence-corrected chi connectivity index (χ4v) is 2.31. The molecule has 0 atom stereocenters. The Morgan fingerprint density at radius 2 is 2.08 bits per heavy atom. The average Bonchev–Trinajstić information content (AvgIpc) is 3.04. The zero-order valence-corrected chi connectivity index (χ0v) is 14.0. The van der Waals surface area contributed by atoms with E-state index in [2.05, 4.69) is 22.3 Å². The topological polar surface area (TPSA) is 77.1 Å². The number of unbranched alkanes of at least 4 members (excludes halogenated alkanes) is 2. The second kappa shape index (κ2) is 9.12. The van der Waals surface area contributed by atoms with Gasteiger partial charge in [-0.15, -0.1) is 5.10 Å². The first-order valence-corrected chi connectivity index (χ1v) is 8.11. The Labute approximate surface area is 140 Å². The normalized spacial score (nSPS) is 10.8. The number of halogens is 1. The number of ether oxygens (including phenoxy) is 2. The Hall–Kier alpha value is -2.28. The third kappa shape index (κ3) is 4.61. The van der Waals surface area contributed by atoms with Crippen molar-refractivity contribution < 1.29 is 18.7 Å². The second-order valence-corrected chi connectivity index (χ2v) is 5.30. The van der Waals surface area contributed by atoms with E-state index in [1.165, 1.54) is 12.1 Å². The zero-order valence-electron chi connectivity index (χ0n) is 14.0. The van der Waals surface area contributed by atoms with Crippen LogP contribution in [0.5, 0.6) is 0 Å². The van der Waals surface area contributed by atoms with E-state index in [1.54, 1.807) is 13.0 Å². The van der Waals surface area contributed by atoms with Crippen LogP contribution in [0, 0.1) is 5.82 Å². The molecule has 1 aromatic carbocycles. The molecule has 6 nitrogen and oxygen atoms in total. The van der Waals surface area contributed by atoms with E-state index in [0.29, 0.717) is 23.4 Å². The number of nitrogens with zero attached hydrogens (tertiary/aromatic N) is 2. The summed E-state index contributed by atoms with van der Waals surface area (Å²) >= 11 is 0. The molecule has 0 unspecified atom stereocenters. The van der Waals surface area contributed by atoms with Gasteiger partial charge >= 0.3 is 5.97 Å². The maximum Gasteiger partial charge on any atom is 0.361 e. The fraction of sp³-hybridized carbons (Fsp3) is 0.471. The maximum atomic E-state index is 13.6. The van der Waals surface area contributed by atoms with Crippen molar-refractivity contribution in [2.24, 2.45) is 0 Å². The summed E-state index contributed by atoms with van der Waals surface area (Å²) in [5.41, 5.74) is 1.63. The lowest BCUT2D eigenvalue weighted by Gasteiger charge is -2.10. The van der Waals surface area contributed by atoms with E-state index in [-0.39, 0.29) is 24.7 Å². The molecule has 7 heteroatoms. The minimum Gasteiger partial charge on any atom is -0.461 e. The summed E-state index contributed by atoms with van der Waals surface area (Å²) in [4.78, 5) is 12.0. The molecule has 130 valence electrons. The summed E-state index contributed by atoms with van der Waals surface area (Å²) in [5.74, 6) is -0.938. The van der Waals surface area contributed by atoms with Crippen LogP contribution in [0.4, 0.5) is 4.39 Å². The number of carbonyl (C=O) groups excluding carboxylic acids is 1. The van der Waals surface area contributed by atoms with Crippen LogP contribution >= 0.6 is 0 Å². The number of carbonyl (C=O) groups is 1. The van der Waals surface area contributed by atoms with E-state index in [4.69, 9.17) is 9.47 Å². The molecular weight excluding hydrogens is 313 g/mol.